The molecule has 0 saturated carbocycles. The first-order valence-corrected chi connectivity index (χ1v) is 11.4. The van der Waals surface area contributed by atoms with Gasteiger partial charge in [0.25, 0.3) is 0 Å². The number of nitrogens with zero attached hydrogens (tertiary/aromatic N) is 1. The summed E-state index contributed by atoms with van der Waals surface area (Å²) in [5.74, 6) is -0.943. The lowest BCUT2D eigenvalue weighted by molar-refractivity contribution is -0.146. The van der Waals surface area contributed by atoms with Gasteiger partial charge in [0, 0.05) is 35.8 Å². The molecule has 1 fully saturated rings. The minimum Gasteiger partial charge on any atom is -0.488 e. The number of para-hydroxylation sites is 3. The van der Waals surface area contributed by atoms with Crippen molar-refractivity contribution < 1.29 is 24.2 Å². The van der Waals surface area contributed by atoms with Crippen LogP contribution in [-0.2, 0) is 14.3 Å². The zero-order chi connectivity index (χ0) is 23.9. The Morgan fingerprint density at radius 3 is 2.62 bits per heavy atom. The molecule has 0 aliphatic carbocycles. The highest BCUT2D eigenvalue weighted by Crippen LogP contribution is 2.33. The fourth-order valence-electron chi connectivity index (χ4n) is 4.41. The zero-order valence-electron chi connectivity index (χ0n) is 18.9. The fourth-order valence-corrected chi connectivity index (χ4v) is 4.41. The summed E-state index contributed by atoms with van der Waals surface area (Å²) in [5.41, 5.74) is 8.95. The Balaban J connectivity index is 1.37. The van der Waals surface area contributed by atoms with E-state index >= 15 is 0 Å². The van der Waals surface area contributed by atoms with E-state index in [1.54, 1.807) is 12.1 Å². The van der Waals surface area contributed by atoms with Gasteiger partial charge in [-0.05, 0) is 55.6 Å². The quantitative estimate of drug-likeness (QED) is 0.252. The average Bonchev–Trinajstić information content (AvgIpc) is 3.27. The van der Waals surface area contributed by atoms with E-state index in [1.165, 1.54) is 10.9 Å². The maximum atomic E-state index is 12.1. The van der Waals surface area contributed by atoms with Gasteiger partial charge in [0.1, 0.15) is 18.5 Å². The van der Waals surface area contributed by atoms with E-state index in [0.29, 0.717) is 23.9 Å². The molecule has 3 aromatic rings. The minimum atomic E-state index is -1.21. The predicted octanol–water partition coefficient (Wildman–Crippen LogP) is 3.56. The van der Waals surface area contributed by atoms with Crippen LogP contribution in [0.15, 0.2) is 66.9 Å². The molecule has 1 saturated heterocycles. The van der Waals surface area contributed by atoms with Crippen molar-refractivity contribution in [2.75, 3.05) is 32.0 Å². The van der Waals surface area contributed by atoms with Crippen LogP contribution in [0.5, 0.6) is 5.75 Å². The lowest BCUT2D eigenvalue weighted by atomic mass is 9.89. The number of fused-ring (bicyclic) bond motifs is 1. The Morgan fingerprint density at radius 2 is 1.85 bits per heavy atom. The number of nitrogen functional groups attached to an aromatic ring is 1. The average molecular weight is 464 g/mol. The number of aromatic amines is 1. The third-order valence-electron chi connectivity index (χ3n) is 6.10. The van der Waals surface area contributed by atoms with E-state index < -0.39 is 18.0 Å². The number of H-pyrrole nitrogens is 1. The number of carboxylic acid groups (broad SMARTS) is 1. The number of piperidine rings is 1. The molecule has 1 atom stereocenters. The Labute approximate surface area is 198 Å². The van der Waals surface area contributed by atoms with Crippen molar-refractivity contribution in [3.8, 4) is 5.75 Å². The molecule has 4 rings (SSSR count). The van der Waals surface area contributed by atoms with E-state index in [0.717, 1.165) is 43.6 Å². The number of rotatable bonds is 9. The van der Waals surface area contributed by atoms with Gasteiger partial charge in [-0.2, -0.15) is 0 Å². The van der Waals surface area contributed by atoms with E-state index in [2.05, 4.69) is 34.3 Å². The van der Waals surface area contributed by atoms with Crippen LogP contribution in [0.4, 0.5) is 5.69 Å². The number of hydrogen-bond donors (Lipinski definition) is 3. The molecule has 1 aromatic heterocycles. The van der Waals surface area contributed by atoms with Crippen molar-refractivity contribution in [2.24, 2.45) is 0 Å². The van der Waals surface area contributed by atoms with Crippen LogP contribution >= 0.6 is 0 Å². The second kappa shape index (κ2) is 10.9. The third-order valence-corrected chi connectivity index (χ3v) is 6.10. The van der Waals surface area contributed by atoms with Gasteiger partial charge in [0.05, 0.1) is 5.69 Å². The van der Waals surface area contributed by atoms with Gasteiger partial charge < -0.3 is 25.3 Å². The first-order chi connectivity index (χ1) is 16.5. The van der Waals surface area contributed by atoms with Crippen LogP contribution in [0.2, 0.25) is 0 Å². The van der Waals surface area contributed by atoms with Gasteiger partial charge >= 0.3 is 11.9 Å². The number of ether oxygens (including phenoxy) is 2. The molecule has 1 aliphatic heterocycles. The molecule has 0 spiro atoms. The number of aromatic nitrogens is 1. The lowest BCUT2D eigenvalue weighted by Gasteiger charge is -2.34. The van der Waals surface area contributed by atoms with Crippen molar-refractivity contribution >= 4 is 28.5 Å². The Bertz CT molecular complexity index is 1160. The van der Waals surface area contributed by atoms with Gasteiger partial charge in [0.2, 0.25) is 0 Å². The van der Waals surface area contributed by atoms with Gasteiger partial charge in [0.15, 0.2) is 0 Å². The Kier molecular flexibility index (Phi) is 7.49. The summed E-state index contributed by atoms with van der Waals surface area (Å²) in [6.45, 7) is 2.32. The van der Waals surface area contributed by atoms with Gasteiger partial charge in [-0.25, -0.2) is 9.59 Å². The Hall–Kier alpha value is -3.78. The number of carbonyl (C=O) groups is 2. The first-order valence-electron chi connectivity index (χ1n) is 11.4. The number of anilines is 1. The molecule has 8 nitrogen and oxygen atoms in total. The molecule has 2 aromatic carbocycles. The van der Waals surface area contributed by atoms with Gasteiger partial charge in [-0.1, -0.05) is 30.3 Å². The maximum Gasteiger partial charge on any atom is 0.331 e. The second-order valence-corrected chi connectivity index (χ2v) is 8.44. The largest absolute Gasteiger partial charge is 0.488 e. The normalized spacial score (nSPS) is 16.0. The number of carbonyl (C=O) groups excluding carboxylic acids is 1. The number of nitrogens with two attached hydrogens (primary N) is 1. The number of likely N-dealkylation sites (tertiary alicyclic amines) is 1. The minimum absolute atomic E-state index is 0.114. The van der Waals surface area contributed by atoms with E-state index in [-0.39, 0.29) is 6.61 Å². The number of nitrogens with one attached hydrogen (secondary N) is 1. The van der Waals surface area contributed by atoms with Crippen LogP contribution in [0.1, 0.15) is 24.3 Å². The summed E-state index contributed by atoms with van der Waals surface area (Å²) >= 11 is 0. The number of aliphatic carboxylic acids is 1. The number of esters is 1. The predicted molar refractivity (Wildman–Crippen MR) is 130 cm³/mol. The summed E-state index contributed by atoms with van der Waals surface area (Å²) in [5, 5.41) is 10.0. The van der Waals surface area contributed by atoms with Crippen molar-refractivity contribution in [1.82, 2.24) is 9.88 Å². The van der Waals surface area contributed by atoms with Gasteiger partial charge in [-0.15, -0.1) is 0 Å². The molecule has 4 N–H and O–H groups in total. The number of carboxylic acids is 1. The molecular weight excluding hydrogens is 434 g/mol. The van der Waals surface area contributed by atoms with Crippen LogP contribution in [0, 0.1) is 0 Å². The molecule has 2 heterocycles. The highest BCUT2D eigenvalue weighted by molar-refractivity contribution is 5.90. The van der Waals surface area contributed by atoms with E-state index in [4.69, 9.17) is 20.3 Å². The van der Waals surface area contributed by atoms with Crippen LogP contribution in [0.25, 0.3) is 10.9 Å². The van der Waals surface area contributed by atoms with Crippen LogP contribution in [-0.4, -0.2) is 59.3 Å². The second-order valence-electron chi connectivity index (χ2n) is 8.44. The first kappa shape index (κ1) is 23.4. The fraction of sp³-hybridized carbons (Fsp3) is 0.308. The van der Waals surface area contributed by atoms with Crippen molar-refractivity contribution in [2.45, 2.75) is 24.9 Å². The summed E-state index contributed by atoms with van der Waals surface area (Å²) in [4.78, 5) is 28.5. The SMILES string of the molecule is Nc1ccccc1OCC(CN1CCC(c2c[nH]c3ccccc23)CC1)OC(=O)C=CC(=O)O. The molecule has 8 heteroatoms. The lowest BCUT2D eigenvalue weighted by Crippen LogP contribution is -2.42. The molecule has 0 bridgehead atoms. The highest BCUT2D eigenvalue weighted by Gasteiger charge is 2.26. The van der Waals surface area contributed by atoms with Crippen LogP contribution < -0.4 is 10.5 Å². The van der Waals surface area contributed by atoms with Crippen molar-refractivity contribution in [1.29, 1.82) is 0 Å². The Morgan fingerprint density at radius 1 is 1.12 bits per heavy atom. The molecule has 0 radical (unpaired) electrons. The molecule has 34 heavy (non-hydrogen) atoms. The molecular formula is C26H29N3O5. The van der Waals surface area contributed by atoms with Crippen molar-refractivity contribution in [3.63, 3.8) is 0 Å². The van der Waals surface area contributed by atoms with E-state index in [1.807, 2.05) is 18.2 Å². The smallest absolute Gasteiger partial charge is 0.331 e. The third kappa shape index (κ3) is 5.96. The molecule has 1 aliphatic rings. The number of hydrogen-bond acceptors (Lipinski definition) is 6. The number of benzene rings is 2. The topological polar surface area (TPSA) is 118 Å². The summed E-state index contributed by atoms with van der Waals surface area (Å²) in [6, 6.07) is 15.5. The zero-order valence-corrected chi connectivity index (χ0v) is 18.9. The molecule has 178 valence electrons. The monoisotopic (exact) mass is 463 g/mol. The molecule has 0 amide bonds. The van der Waals surface area contributed by atoms with E-state index in [9.17, 15) is 9.59 Å². The van der Waals surface area contributed by atoms with Gasteiger partial charge in [-0.3, -0.25) is 4.90 Å². The van der Waals surface area contributed by atoms with Crippen LogP contribution in [0.3, 0.4) is 0 Å². The molecule has 1 unspecified atom stereocenters. The summed E-state index contributed by atoms with van der Waals surface area (Å²) < 4.78 is 11.3. The maximum absolute atomic E-state index is 12.1. The van der Waals surface area contributed by atoms with Crippen molar-refractivity contribution in [3.05, 3.63) is 72.4 Å². The summed E-state index contributed by atoms with van der Waals surface area (Å²) in [6.07, 6.45) is 5.21. The standard InChI is InChI=1S/C26H29N3O5/c27-22-6-2-4-8-24(22)33-17-19(34-26(32)10-9-25(30)31)16-29-13-11-18(12-14-29)21-15-28-23-7-3-1-5-20(21)23/h1-10,15,18-19,28H,11-14,16-17,27H2,(H,30,31). The highest BCUT2D eigenvalue weighted by atomic mass is 16.6. The summed E-state index contributed by atoms with van der Waals surface area (Å²) in [7, 11) is 0.